The zero-order chi connectivity index (χ0) is 16.6. The number of hydrogen-bond donors (Lipinski definition) is 0. The smallest absolute Gasteiger partial charge is 0.310 e. The summed E-state index contributed by atoms with van der Waals surface area (Å²) in [5.74, 6) is -2.36. The summed E-state index contributed by atoms with van der Waals surface area (Å²) in [6.45, 7) is -0.121. The molecular formula is C15H10BrF2N3O2. The van der Waals surface area contributed by atoms with Gasteiger partial charge in [-0.3, -0.25) is 9.78 Å². The molecule has 0 aliphatic carbocycles. The molecular weight excluding hydrogens is 372 g/mol. The number of halogens is 3. The zero-order valence-corrected chi connectivity index (χ0v) is 13.3. The highest BCUT2D eigenvalue weighted by molar-refractivity contribution is 9.10. The quantitative estimate of drug-likeness (QED) is 0.767. The van der Waals surface area contributed by atoms with Crippen molar-refractivity contribution in [1.29, 1.82) is 0 Å². The molecule has 1 aliphatic rings. The normalized spacial score (nSPS) is 14.7. The van der Waals surface area contributed by atoms with E-state index in [1.165, 1.54) is 23.4 Å². The van der Waals surface area contributed by atoms with E-state index in [1.54, 1.807) is 6.07 Å². The topological polar surface area (TPSA) is 53.5 Å². The fourth-order valence-electron chi connectivity index (χ4n) is 2.31. The van der Waals surface area contributed by atoms with Gasteiger partial charge in [0.1, 0.15) is 6.54 Å². The van der Waals surface area contributed by atoms with Crippen LogP contribution in [-0.2, 0) is 11.3 Å². The van der Waals surface area contributed by atoms with Crippen LogP contribution in [0.2, 0.25) is 0 Å². The molecule has 1 aromatic carbocycles. The number of nitrogens with zero attached hydrogens (tertiary/aromatic N) is 3. The Hall–Kier alpha value is -2.35. The van der Waals surface area contributed by atoms with Gasteiger partial charge in [0.05, 0.1) is 11.9 Å². The van der Waals surface area contributed by atoms with Crippen molar-refractivity contribution in [2.24, 2.45) is 0 Å². The molecule has 0 N–H and O–H groups in total. The van der Waals surface area contributed by atoms with Crippen LogP contribution in [0.1, 0.15) is 5.56 Å². The first kappa shape index (κ1) is 15.5. The van der Waals surface area contributed by atoms with Gasteiger partial charge in [0, 0.05) is 17.2 Å². The average molecular weight is 382 g/mol. The predicted molar refractivity (Wildman–Crippen MR) is 81.6 cm³/mol. The third-order valence-electron chi connectivity index (χ3n) is 3.34. The fraction of sp³-hybridized carbons (Fsp3) is 0.133. The highest BCUT2D eigenvalue weighted by Crippen LogP contribution is 2.24. The van der Waals surface area contributed by atoms with E-state index in [2.05, 4.69) is 20.9 Å². The van der Waals surface area contributed by atoms with Crippen molar-refractivity contribution in [1.82, 2.24) is 9.88 Å². The number of aromatic nitrogens is 1. The molecule has 5 nitrogen and oxygen atoms in total. The van der Waals surface area contributed by atoms with E-state index in [1.807, 2.05) is 0 Å². The van der Waals surface area contributed by atoms with Crippen molar-refractivity contribution in [3.63, 3.8) is 0 Å². The van der Waals surface area contributed by atoms with Gasteiger partial charge in [-0.1, -0.05) is 6.07 Å². The van der Waals surface area contributed by atoms with Gasteiger partial charge in [-0.2, -0.15) is 0 Å². The van der Waals surface area contributed by atoms with Crippen LogP contribution in [0.4, 0.5) is 19.3 Å². The Labute approximate surface area is 138 Å². The van der Waals surface area contributed by atoms with Crippen LogP contribution in [0, 0.1) is 11.6 Å². The van der Waals surface area contributed by atoms with Crippen LogP contribution in [0.15, 0.2) is 41.1 Å². The molecule has 118 valence electrons. The number of carbonyl (C=O) groups is 2. The minimum Gasteiger partial charge on any atom is -0.310 e. The highest BCUT2D eigenvalue weighted by atomic mass is 79.9. The summed E-state index contributed by atoms with van der Waals surface area (Å²) >= 11 is 3.23. The summed E-state index contributed by atoms with van der Waals surface area (Å²) in [6.07, 6.45) is 2.94. The monoisotopic (exact) mass is 381 g/mol. The van der Waals surface area contributed by atoms with Crippen molar-refractivity contribution in [2.45, 2.75) is 6.54 Å². The second kappa shape index (κ2) is 6.04. The van der Waals surface area contributed by atoms with Crippen LogP contribution < -0.4 is 4.90 Å². The predicted octanol–water partition coefficient (Wildman–Crippen LogP) is 3.09. The van der Waals surface area contributed by atoms with Gasteiger partial charge in [-0.25, -0.2) is 18.5 Å². The minimum absolute atomic E-state index is 0.0136. The molecule has 1 saturated heterocycles. The lowest BCUT2D eigenvalue weighted by Crippen LogP contribution is -2.32. The first-order valence-corrected chi connectivity index (χ1v) is 7.41. The zero-order valence-electron chi connectivity index (χ0n) is 11.7. The summed E-state index contributed by atoms with van der Waals surface area (Å²) in [5, 5.41) is 0. The minimum atomic E-state index is -0.992. The number of anilines is 1. The summed E-state index contributed by atoms with van der Waals surface area (Å²) in [7, 11) is 0. The second-order valence-corrected chi connectivity index (χ2v) is 5.89. The molecule has 0 spiro atoms. The number of imide groups is 1. The molecule has 0 saturated carbocycles. The van der Waals surface area contributed by atoms with E-state index >= 15 is 0 Å². The molecule has 1 aliphatic heterocycles. The van der Waals surface area contributed by atoms with Crippen molar-refractivity contribution in [3.05, 3.63) is 58.3 Å². The van der Waals surface area contributed by atoms with E-state index in [0.29, 0.717) is 15.7 Å². The Morgan fingerprint density at radius 3 is 2.61 bits per heavy atom. The van der Waals surface area contributed by atoms with Gasteiger partial charge in [0.15, 0.2) is 11.6 Å². The van der Waals surface area contributed by atoms with Gasteiger partial charge < -0.3 is 4.90 Å². The molecule has 1 fully saturated rings. The number of benzene rings is 1. The summed E-state index contributed by atoms with van der Waals surface area (Å²) in [4.78, 5) is 30.7. The standard InChI is InChI=1S/C15H10BrF2N3O2/c16-10-4-11(6-19-5-10)21-14(22)8-20(15(21)23)7-9-1-2-12(17)13(18)3-9/h1-6H,7-8H2. The molecule has 0 atom stereocenters. The van der Waals surface area contributed by atoms with Gasteiger partial charge in [0.25, 0.3) is 5.91 Å². The van der Waals surface area contributed by atoms with E-state index in [9.17, 15) is 18.4 Å². The highest BCUT2D eigenvalue weighted by Gasteiger charge is 2.37. The third kappa shape index (κ3) is 3.07. The Kier molecular flexibility index (Phi) is 4.08. The molecule has 0 radical (unpaired) electrons. The first-order valence-electron chi connectivity index (χ1n) is 6.62. The van der Waals surface area contributed by atoms with Crippen molar-refractivity contribution in [3.8, 4) is 0 Å². The van der Waals surface area contributed by atoms with Gasteiger partial charge >= 0.3 is 6.03 Å². The van der Waals surface area contributed by atoms with Crippen LogP contribution in [0.25, 0.3) is 0 Å². The number of carbonyl (C=O) groups excluding carboxylic acids is 2. The molecule has 23 heavy (non-hydrogen) atoms. The lowest BCUT2D eigenvalue weighted by atomic mass is 10.2. The summed E-state index contributed by atoms with van der Waals surface area (Å²) < 4.78 is 26.8. The second-order valence-electron chi connectivity index (χ2n) is 4.98. The lowest BCUT2D eigenvalue weighted by molar-refractivity contribution is -0.116. The Morgan fingerprint density at radius 2 is 1.91 bits per heavy atom. The Morgan fingerprint density at radius 1 is 1.13 bits per heavy atom. The molecule has 0 unspecified atom stereocenters. The lowest BCUT2D eigenvalue weighted by Gasteiger charge is -2.17. The van der Waals surface area contributed by atoms with Crippen molar-refractivity contribution < 1.29 is 18.4 Å². The van der Waals surface area contributed by atoms with Crippen LogP contribution in [-0.4, -0.2) is 28.4 Å². The van der Waals surface area contributed by atoms with Crippen LogP contribution in [0.5, 0.6) is 0 Å². The van der Waals surface area contributed by atoms with Crippen LogP contribution in [0.3, 0.4) is 0 Å². The number of pyridine rings is 1. The molecule has 0 bridgehead atoms. The Bertz CT molecular complexity index is 800. The number of hydrogen-bond acceptors (Lipinski definition) is 3. The van der Waals surface area contributed by atoms with Crippen LogP contribution >= 0.6 is 15.9 Å². The molecule has 3 rings (SSSR count). The average Bonchev–Trinajstić information content (AvgIpc) is 2.77. The SMILES string of the molecule is O=C1CN(Cc2ccc(F)c(F)c2)C(=O)N1c1cncc(Br)c1. The van der Waals surface area contributed by atoms with E-state index in [4.69, 9.17) is 0 Å². The molecule has 2 heterocycles. The van der Waals surface area contributed by atoms with E-state index in [-0.39, 0.29) is 13.1 Å². The largest absolute Gasteiger partial charge is 0.332 e. The van der Waals surface area contributed by atoms with E-state index < -0.39 is 23.6 Å². The van der Waals surface area contributed by atoms with Gasteiger partial charge in [0.2, 0.25) is 0 Å². The first-order chi connectivity index (χ1) is 11.0. The number of urea groups is 1. The number of rotatable bonds is 3. The molecule has 2 aromatic rings. The van der Waals surface area contributed by atoms with Gasteiger partial charge in [-0.15, -0.1) is 0 Å². The molecule has 8 heteroatoms. The molecule has 1 aromatic heterocycles. The maximum Gasteiger partial charge on any atom is 0.332 e. The maximum absolute atomic E-state index is 13.2. The fourth-order valence-corrected chi connectivity index (χ4v) is 2.66. The maximum atomic E-state index is 13.2. The summed E-state index contributed by atoms with van der Waals surface area (Å²) in [6, 6.07) is 4.45. The number of amides is 3. The third-order valence-corrected chi connectivity index (χ3v) is 3.78. The Balaban J connectivity index is 1.82. The van der Waals surface area contributed by atoms with Gasteiger partial charge in [-0.05, 0) is 39.7 Å². The van der Waals surface area contributed by atoms with E-state index in [0.717, 1.165) is 17.0 Å². The summed E-state index contributed by atoms with van der Waals surface area (Å²) in [5.41, 5.74) is 0.751. The van der Waals surface area contributed by atoms with Crippen molar-refractivity contribution >= 4 is 33.6 Å². The van der Waals surface area contributed by atoms with Crippen molar-refractivity contribution in [2.75, 3.05) is 11.4 Å². The molecule has 3 amide bonds.